The summed E-state index contributed by atoms with van der Waals surface area (Å²) in [5, 5.41) is 7.32. The fourth-order valence-corrected chi connectivity index (χ4v) is 3.21. The van der Waals surface area contributed by atoms with Gasteiger partial charge in [-0.3, -0.25) is 5.10 Å². The fraction of sp³-hybridized carbons (Fsp3) is 0.467. The molecule has 2 aromatic rings. The van der Waals surface area contributed by atoms with Gasteiger partial charge in [-0.2, -0.15) is 5.10 Å². The van der Waals surface area contributed by atoms with Crippen LogP contribution in [0.15, 0.2) is 23.1 Å². The van der Waals surface area contributed by atoms with E-state index >= 15 is 0 Å². The Morgan fingerprint density at radius 3 is 2.90 bits per heavy atom. The molecule has 5 nitrogen and oxygen atoms in total. The van der Waals surface area contributed by atoms with Crippen molar-refractivity contribution >= 4 is 11.8 Å². The van der Waals surface area contributed by atoms with Gasteiger partial charge in [0.2, 0.25) is 0 Å². The van der Waals surface area contributed by atoms with E-state index in [0.29, 0.717) is 19.1 Å². The molecule has 0 radical (unpaired) electrons. The molecule has 1 aliphatic carbocycles. The minimum atomic E-state index is 0.612. The van der Waals surface area contributed by atoms with Crippen LogP contribution < -0.4 is 9.47 Å². The summed E-state index contributed by atoms with van der Waals surface area (Å²) in [4.78, 5) is 5.74. The summed E-state index contributed by atoms with van der Waals surface area (Å²) in [6.45, 7) is 1.26. The number of thioether (sulfide) groups is 1. The highest BCUT2D eigenvalue weighted by Gasteiger charge is 2.27. The van der Waals surface area contributed by atoms with Crippen molar-refractivity contribution in [2.75, 3.05) is 19.0 Å². The van der Waals surface area contributed by atoms with Crippen molar-refractivity contribution in [2.45, 2.75) is 30.1 Å². The highest BCUT2D eigenvalue weighted by molar-refractivity contribution is 7.99. The second-order valence-electron chi connectivity index (χ2n) is 5.32. The van der Waals surface area contributed by atoms with E-state index in [1.165, 1.54) is 17.7 Å². The molecule has 1 saturated carbocycles. The van der Waals surface area contributed by atoms with Gasteiger partial charge in [0, 0.05) is 23.0 Å². The van der Waals surface area contributed by atoms with Crippen molar-refractivity contribution < 1.29 is 9.47 Å². The standard InChI is InChI=1S/C15H17N3O2S/c1-2-10(1)15-16-14(17-18-15)5-8-21-11-3-4-12-13(9-11)20-7-6-19-12/h3-4,9-10H,1-2,5-8H2,(H,16,17,18). The van der Waals surface area contributed by atoms with Crippen LogP contribution in [0.3, 0.4) is 0 Å². The molecule has 21 heavy (non-hydrogen) atoms. The van der Waals surface area contributed by atoms with Crippen molar-refractivity contribution in [3.63, 3.8) is 0 Å². The summed E-state index contributed by atoms with van der Waals surface area (Å²) in [6, 6.07) is 6.11. The number of hydrogen-bond donors (Lipinski definition) is 1. The Morgan fingerprint density at radius 2 is 2.05 bits per heavy atom. The van der Waals surface area contributed by atoms with Gasteiger partial charge in [-0.15, -0.1) is 11.8 Å². The SMILES string of the molecule is c1cc2c(cc1SCCc1nc(C3CC3)n[nH]1)OCCO2. The van der Waals surface area contributed by atoms with Gasteiger partial charge in [-0.1, -0.05) is 0 Å². The number of aromatic amines is 1. The van der Waals surface area contributed by atoms with Crippen molar-refractivity contribution in [1.29, 1.82) is 0 Å². The molecule has 0 atom stereocenters. The van der Waals surface area contributed by atoms with Crippen molar-refractivity contribution in [1.82, 2.24) is 15.2 Å². The first-order chi connectivity index (χ1) is 10.4. The molecule has 4 rings (SSSR count). The zero-order valence-corrected chi connectivity index (χ0v) is 12.5. The summed E-state index contributed by atoms with van der Waals surface area (Å²) < 4.78 is 11.1. The minimum Gasteiger partial charge on any atom is -0.486 e. The minimum absolute atomic E-state index is 0.612. The van der Waals surface area contributed by atoms with E-state index in [9.17, 15) is 0 Å². The topological polar surface area (TPSA) is 60.0 Å². The first-order valence-electron chi connectivity index (χ1n) is 7.32. The number of ether oxygens (including phenoxy) is 2. The predicted molar refractivity (Wildman–Crippen MR) is 80.2 cm³/mol. The van der Waals surface area contributed by atoms with Gasteiger partial charge in [-0.05, 0) is 31.0 Å². The quantitative estimate of drug-likeness (QED) is 0.861. The second kappa shape index (κ2) is 5.60. The smallest absolute Gasteiger partial charge is 0.162 e. The van der Waals surface area contributed by atoms with Crippen LogP contribution in [0.4, 0.5) is 0 Å². The molecule has 1 aromatic carbocycles. The number of benzene rings is 1. The molecule has 2 aliphatic rings. The number of aryl methyl sites for hydroxylation is 1. The second-order valence-corrected chi connectivity index (χ2v) is 6.49. The Bertz CT molecular complexity index is 640. The monoisotopic (exact) mass is 303 g/mol. The molecule has 2 heterocycles. The van der Waals surface area contributed by atoms with Crippen molar-refractivity contribution in [2.24, 2.45) is 0 Å². The lowest BCUT2D eigenvalue weighted by atomic mass is 10.3. The van der Waals surface area contributed by atoms with Crippen LogP contribution in [0.25, 0.3) is 0 Å². The van der Waals surface area contributed by atoms with Crippen LogP contribution in [0.2, 0.25) is 0 Å². The van der Waals surface area contributed by atoms with Gasteiger partial charge in [-0.25, -0.2) is 4.98 Å². The average molecular weight is 303 g/mol. The molecule has 0 spiro atoms. The Balaban J connectivity index is 1.33. The first kappa shape index (κ1) is 13.0. The fourth-order valence-electron chi connectivity index (χ4n) is 2.33. The summed E-state index contributed by atoms with van der Waals surface area (Å²) in [7, 11) is 0. The van der Waals surface area contributed by atoms with Crippen LogP contribution in [-0.2, 0) is 6.42 Å². The molecule has 6 heteroatoms. The molecule has 1 N–H and O–H groups in total. The number of H-pyrrole nitrogens is 1. The number of rotatable bonds is 5. The molecule has 0 bridgehead atoms. The molecule has 1 fully saturated rings. The highest BCUT2D eigenvalue weighted by Crippen LogP contribution is 2.38. The largest absolute Gasteiger partial charge is 0.486 e. The normalized spacial score (nSPS) is 17.0. The molecule has 110 valence electrons. The number of hydrogen-bond acceptors (Lipinski definition) is 5. The number of aromatic nitrogens is 3. The lowest BCUT2D eigenvalue weighted by Gasteiger charge is -2.18. The van der Waals surface area contributed by atoms with E-state index in [2.05, 4.69) is 27.3 Å². The summed E-state index contributed by atoms with van der Waals surface area (Å²) >= 11 is 1.80. The molecule has 0 amide bonds. The van der Waals surface area contributed by atoms with Crippen LogP contribution in [0.5, 0.6) is 11.5 Å². The maximum atomic E-state index is 5.60. The van der Waals surface area contributed by atoms with Gasteiger partial charge in [0.1, 0.15) is 19.0 Å². The van der Waals surface area contributed by atoms with Crippen LogP contribution in [-0.4, -0.2) is 34.1 Å². The van der Waals surface area contributed by atoms with Crippen LogP contribution in [0.1, 0.15) is 30.4 Å². The van der Waals surface area contributed by atoms with Gasteiger partial charge in [0.05, 0.1) is 0 Å². The van der Waals surface area contributed by atoms with Gasteiger partial charge < -0.3 is 9.47 Å². The van der Waals surface area contributed by atoms with Crippen molar-refractivity contribution in [3.8, 4) is 11.5 Å². The summed E-state index contributed by atoms with van der Waals surface area (Å²) in [5.41, 5.74) is 0. The molecule has 0 saturated heterocycles. The lowest BCUT2D eigenvalue weighted by molar-refractivity contribution is 0.171. The average Bonchev–Trinajstić information content (AvgIpc) is 3.27. The number of nitrogens with one attached hydrogen (secondary N) is 1. The maximum absolute atomic E-state index is 5.60. The van der Waals surface area contributed by atoms with Gasteiger partial charge in [0.15, 0.2) is 17.3 Å². The predicted octanol–water partition coefficient (Wildman–Crippen LogP) is 2.79. The first-order valence-corrected chi connectivity index (χ1v) is 8.31. The van der Waals surface area contributed by atoms with Crippen LogP contribution in [0, 0.1) is 0 Å². The van der Waals surface area contributed by atoms with Gasteiger partial charge in [0.25, 0.3) is 0 Å². The Hall–Kier alpha value is -1.69. The third-order valence-electron chi connectivity index (χ3n) is 3.61. The van der Waals surface area contributed by atoms with E-state index in [-0.39, 0.29) is 0 Å². The molecule has 0 unspecified atom stereocenters. The number of nitrogens with zero attached hydrogens (tertiary/aromatic N) is 2. The van der Waals surface area contributed by atoms with E-state index in [0.717, 1.165) is 35.3 Å². The van der Waals surface area contributed by atoms with E-state index in [4.69, 9.17) is 9.47 Å². The zero-order valence-electron chi connectivity index (χ0n) is 11.7. The van der Waals surface area contributed by atoms with E-state index in [1.807, 2.05) is 6.07 Å². The third kappa shape index (κ3) is 3.00. The molecular formula is C15H17N3O2S. The van der Waals surface area contributed by atoms with E-state index in [1.54, 1.807) is 11.8 Å². The maximum Gasteiger partial charge on any atom is 0.162 e. The van der Waals surface area contributed by atoms with Crippen molar-refractivity contribution in [3.05, 3.63) is 29.8 Å². The van der Waals surface area contributed by atoms with Gasteiger partial charge >= 0.3 is 0 Å². The van der Waals surface area contributed by atoms with E-state index < -0.39 is 0 Å². The highest BCUT2D eigenvalue weighted by atomic mass is 32.2. The van der Waals surface area contributed by atoms with Crippen LogP contribution >= 0.6 is 11.8 Å². The molecule has 1 aromatic heterocycles. The summed E-state index contributed by atoms with van der Waals surface area (Å²) in [6.07, 6.45) is 3.38. The molecular weight excluding hydrogens is 286 g/mol. The summed E-state index contributed by atoms with van der Waals surface area (Å²) in [5.74, 6) is 5.26. The Morgan fingerprint density at radius 1 is 1.19 bits per heavy atom. The zero-order chi connectivity index (χ0) is 14.1. The third-order valence-corrected chi connectivity index (χ3v) is 4.61. The Kier molecular flexibility index (Phi) is 3.47. The lowest BCUT2D eigenvalue weighted by Crippen LogP contribution is -2.15. The Labute approximate surface area is 127 Å². The number of fused-ring (bicyclic) bond motifs is 1. The molecule has 1 aliphatic heterocycles.